The fourth-order valence-electron chi connectivity index (χ4n) is 2.60. The summed E-state index contributed by atoms with van der Waals surface area (Å²) in [5.74, 6) is 1.34. The highest BCUT2D eigenvalue weighted by Gasteiger charge is 2.12. The van der Waals surface area contributed by atoms with Crippen molar-refractivity contribution in [1.82, 2.24) is 15.8 Å². The molecule has 7 heteroatoms. The molecule has 0 saturated carbocycles. The second kappa shape index (κ2) is 8.50. The largest absolute Gasteiger partial charge is 0.494 e. The molecule has 0 aliphatic rings. The molecular formula is C18H25FN4O2. The van der Waals surface area contributed by atoms with Crippen molar-refractivity contribution in [3.63, 3.8) is 0 Å². The zero-order valence-corrected chi connectivity index (χ0v) is 15.3. The van der Waals surface area contributed by atoms with E-state index in [0.717, 1.165) is 29.0 Å². The van der Waals surface area contributed by atoms with Crippen LogP contribution in [0.1, 0.15) is 35.5 Å². The van der Waals surface area contributed by atoms with Crippen molar-refractivity contribution >= 4 is 5.96 Å². The van der Waals surface area contributed by atoms with Gasteiger partial charge in [-0.25, -0.2) is 4.39 Å². The molecule has 2 aromatic rings. The van der Waals surface area contributed by atoms with Gasteiger partial charge in [0, 0.05) is 19.2 Å². The van der Waals surface area contributed by atoms with Crippen LogP contribution in [0.4, 0.5) is 4.39 Å². The second-order valence-electron chi connectivity index (χ2n) is 5.81. The Hall–Kier alpha value is -2.57. The highest BCUT2D eigenvalue weighted by atomic mass is 19.1. The molecular weight excluding hydrogens is 323 g/mol. The minimum absolute atomic E-state index is 0.106. The Labute approximate surface area is 147 Å². The van der Waals surface area contributed by atoms with Gasteiger partial charge in [0.25, 0.3) is 0 Å². The topological polar surface area (TPSA) is 71.7 Å². The minimum atomic E-state index is -0.380. The number of aromatic nitrogens is 1. The summed E-state index contributed by atoms with van der Waals surface area (Å²) < 4.78 is 24.0. The van der Waals surface area contributed by atoms with E-state index in [0.29, 0.717) is 12.5 Å². The van der Waals surface area contributed by atoms with Gasteiger partial charge in [-0.15, -0.1) is 0 Å². The van der Waals surface area contributed by atoms with Crippen molar-refractivity contribution in [3.05, 3.63) is 46.6 Å². The number of hydrogen-bond acceptors (Lipinski definition) is 4. The summed E-state index contributed by atoms with van der Waals surface area (Å²) in [5.41, 5.74) is 2.82. The molecule has 2 rings (SSSR count). The minimum Gasteiger partial charge on any atom is -0.494 e. The molecule has 1 unspecified atom stereocenters. The number of hydrogen-bond donors (Lipinski definition) is 2. The standard InChI is InChI=1S/C18H25FN4O2/c1-11(14-6-7-17(24-5)16(19)10-14)22-18(20-4)21-9-8-15-12(2)23-25-13(15)3/h6-7,10-11H,8-9H2,1-5H3,(H2,20,21,22). The predicted octanol–water partition coefficient (Wildman–Crippen LogP) is 2.91. The van der Waals surface area contributed by atoms with E-state index in [2.05, 4.69) is 20.8 Å². The lowest BCUT2D eigenvalue weighted by Gasteiger charge is -2.18. The molecule has 1 heterocycles. The van der Waals surface area contributed by atoms with Crippen molar-refractivity contribution in [2.24, 2.45) is 4.99 Å². The van der Waals surface area contributed by atoms with Crippen molar-refractivity contribution < 1.29 is 13.7 Å². The van der Waals surface area contributed by atoms with Crippen LogP contribution in [-0.2, 0) is 6.42 Å². The number of aryl methyl sites for hydroxylation is 2. The van der Waals surface area contributed by atoms with Gasteiger partial charge < -0.3 is 19.9 Å². The molecule has 0 spiro atoms. The number of rotatable bonds is 6. The van der Waals surface area contributed by atoms with E-state index >= 15 is 0 Å². The second-order valence-corrected chi connectivity index (χ2v) is 5.81. The first-order valence-electron chi connectivity index (χ1n) is 8.18. The maximum absolute atomic E-state index is 13.9. The number of aliphatic imine (C=N–C) groups is 1. The van der Waals surface area contributed by atoms with Crippen molar-refractivity contribution in [2.45, 2.75) is 33.2 Å². The number of ether oxygens (including phenoxy) is 1. The molecule has 0 fully saturated rings. The van der Waals surface area contributed by atoms with Gasteiger partial charge in [0.2, 0.25) is 0 Å². The first kappa shape index (κ1) is 18.8. The SMILES string of the molecule is CN=C(NCCc1c(C)noc1C)NC(C)c1ccc(OC)c(F)c1. The Morgan fingerprint density at radius 3 is 2.72 bits per heavy atom. The van der Waals surface area contributed by atoms with Crippen LogP contribution in [0.3, 0.4) is 0 Å². The van der Waals surface area contributed by atoms with Gasteiger partial charge in [-0.1, -0.05) is 11.2 Å². The lowest BCUT2D eigenvalue weighted by atomic mass is 10.1. The smallest absolute Gasteiger partial charge is 0.191 e. The van der Waals surface area contributed by atoms with Crippen LogP contribution < -0.4 is 15.4 Å². The maximum atomic E-state index is 13.9. The monoisotopic (exact) mass is 348 g/mol. The van der Waals surface area contributed by atoms with Crippen molar-refractivity contribution in [1.29, 1.82) is 0 Å². The molecule has 1 aromatic carbocycles. The molecule has 6 nitrogen and oxygen atoms in total. The predicted molar refractivity (Wildman–Crippen MR) is 95.5 cm³/mol. The quantitative estimate of drug-likeness (QED) is 0.620. The number of nitrogens with zero attached hydrogens (tertiary/aromatic N) is 2. The van der Waals surface area contributed by atoms with E-state index < -0.39 is 0 Å². The van der Waals surface area contributed by atoms with Crippen LogP contribution in [0.25, 0.3) is 0 Å². The summed E-state index contributed by atoms with van der Waals surface area (Å²) in [7, 11) is 3.15. The van der Waals surface area contributed by atoms with Crippen LogP contribution >= 0.6 is 0 Å². The van der Waals surface area contributed by atoms with E-state index in [-0.39, 0.29) is 17.6 Å². The molecule has 2 N–H and O–H groups in total. The fourth-order valence-corrected chi connectivity index (χ4v) is 2.60. The molecule has 0 aliphatic carbocycles. The first-order valence-corrected chi connectivity index (χ1v) is 8.18. The molecule has 0 saturated heterocycles. The lowest BCUT2D eigenvalue weighted by Crippen LogP contribution is -2.39. The molecule has 1 aromatic heterocycles. The summed E-state index contributed by atoms with van der Waals surface area (Å²) in [6.07, 6.45) is 0.785. The molecule has 136 valence electrons. The summed E-state index contributed by atoms with van der Waals surface area (Å²) in [4.78, 5) is 4.21. The zero-order chi connectivity index (χ0) is 18.4. The number of guanidine groups is 1. The van der Waals surface area contributed by atoms with Gasteiger partial charge in [-0.05, 0) is 44.9 Å². The van der Waals surface area contributed by atoms with Crippen LogP contribution in [0, 0.1) is 19.7 Å². The summed E-state index contributed by atoms with van der Waals surface area (Å²) in [5, 5.41) is 10.5. The lowest BCUT2D eigenvalue weighted by molar-refractivity contribution is 0.386. The van der Waals surface area contributed by atoms with E-state index in [1.54, 1.807) is 13.1 Å². The summed E-state index contributed by atoms with van der Waals surface area (Å²) in [6.45, 7) is 6.47. The number of halogens is 1. The molecule has 0 aliphatic heterocycles. The summed E-state index contributed by atoms with van der Waals surface area (Å²) >= 11 is 0. The van der Waals surface area contributed by atoms with Crippen molar-refractivity contribution in [3.8, 4) is 5.75 Å². The molecule has 25 heavy (non-hydrogen) atoms. The van der Waals surface area contributed by atoms with Gasteiger partial charge in [0.15, 0.2) is 17.5 Å². The number of methoxy groups -OCH3 is 1. The van der Waals surface area contributed by atoms with Crippen LogP contribution in [0.5, 0.6) is 5.75 Å². The van der Waals surface area contributed by atoms with Crippen LogP contribution in [-0.4, -0.2) is 31.8 Å². The molecule has 0 radical (unpaired) electrons. The van der Waals surface area contributed by atoms with Crippen LogP contribution in [0.2, 0.25) is 0 Å². The third-order valence-electron chi connectivity index (χ3n) is 4.10. The Kier molecular flexibility index (Phi) is 6.38. The Morgan fingerprint density at radius 2 is 2.16 bits per heavy atom. The van der Waals surface area contributed by atoms with E-state index in [4.69, 9.17) is 9.26 Å². The van der Waals surface area contributed by atoms with Gasteiger partial charge >= 0.3 is 0 Å². The first-order chi connectivity index (χ1) is 12.0. The Balaban J connectivity index is 1.92. The van der Waals surface area contributed by atoms with E-state index in [1.165, 1.54) is 13.2 Å². The average molecular weight is 348 g/mol. The van der Waals surface area contributed by atoms with E-state index in [9.17, 15) is 4.39 Å². The Morgan fingerprint density at radius 1 is 1.40 bits per heavy atom. The molecule has 1 atom stereocenters. The maximum Gasteiger partial charge on any atom is 0.191 e. The normalized spacial score (nSPS) is 12.8. The van der Waals surface area contributed by atoms with Crippen molar-refractivity contribution in [2.75, 3.05) is 20.7 Å². The van der Waals surface area contributed by atoms with Gasteiger partial charge in [0.1, 0.15) is 5.76 Å². The number of nitrogens with one attached hydrogen (secondary N) is 2. The molecule has 0 bridgehead atoms. The molecule has 0 amide bonds. The van der Waals surface area contributed by atoms with Gasteiger partial charge in [0.05, 0.1) is 18.8 Å². The zero-order valence-electron chi connectivity index (χ0n) is 15.3. The highest BCUT2D eigenvalue weighted by molar-refractivity contribution is 5.80. The summed E-state index contributed by atoms with van der Waals surface area (Å²) in [6, 6.07) is 4.81. The third-order valence-corrected chi connectivity index (χ3v) is 4.10. The van der Waals surface area contributed by atoms with E-state index in [1.807, 2.05) is 26.8 Å². The fraction of sp³-hybridized carbons (Fsp3) is 0.444. The third kappa shape index (κ3) is 4.71. The van der Waals surface area contributed by atoms with Gasteiger partial charge in [-0.2, -0.15) is 0 Å². The number of benzene rings is 1. The Bertz CT molecular complexity index is 723. The highest BCUT2D eigenvalue weighted by Crippen LogP contribution is 2.21. The van der Waals surface area contributed by atoms with Crippen LogP contribution in [0.15, 0.2) is 27.7 Å². The van der Waals surface area contributed by atoms with Gasteiger partial charge in [-0.3, -0.25) is 4.99 Å². The average Bonchev–Trinajstić information content (AvgIpc) is 2.92.